The Labute approximate surface area is 274 Å². The second-order valence-corrected chi connectivity index (χ2v) is 13.8. The van der Waals surface area contributed by atoms with Crippen molar-refractivity contribution < 1.29 is 48.9 Å². The van der Waals surface area contributed by atoms with E-state index in [-0.39, 0.29) is 62.2 Å². The lowest BCUT2D eigenvalue weighted by molar-refractivity contribution is -0.156. The molecule has 1 saturated heterocycles. The number of carbonyl (C=O) groups excluding carboxylic acids is 4. The predicted molar refractivity (Wildman–Crippen MR) is 166 cm³/mol. The number of carbonyl (C=O) groups is 7. The van der Waals surface area contributed by atoms with Crippen molar-refractivity contribution in [2.75, 3.05) is 13.1 Å². The number of carboxylic acid groups (broad SMARTS) is 3. The van der Waals surface area contributed by atoms with E-state index in [1.807, 2.05) is 0 Å². The van der Waals surface area contributed by atoms with Crippen LogP contribution < -0.4 is 16.0 Å². The molecule has 4 fully saturated rings. The molecule has 3 saturated carbocycles. The summed E-state index contributed by atoms with van der Waals surface area (Å²) in [6, 6.07) is -2.79. The van der Waals surface area contributed by atoms with Gasteiger partial charge in [0, 0.05) is 37.1 Å². The van der Waals surface area contributed by atoms with Crippen LogP contribution in [0.1, 0.15) is 96.8 Å². The third-order valence-corrected chi connectivity index (χ3v) is 10.5. The first-order chi connectivity index (χ1) is 22.3. The number of carboxylic acids is 3. The van der Waals surface area contributed by atoms with Crippen molar-refractivity contribution in [2.45, 2.75) is 127 Å². The van der Waals surface area contributed by atoms with E-state index in [9.17, 15) is 48.9 Å². The molecule has 5 amide bonds. The quantitative estimate of drug-likeness (QED) is 0.177. The van der Waals surface area contributed by atoms with Gasteiger partial charge in [-0.15, -0.1) is 0 Å². The summed E-state index contributed by atoms with van der Waals surface area (Å²) in [4.78, 5) is 89.4. The van der Waals surface area contributed by atoms with Gasteiger partial charge in [-0.05, 0) is 69.6 Å². The molecule has 0 bridgehead atoms. The van der Waals surface area contributed by atoms with Gasteiger partial charge in [-0.1, -0.05) is 19.8 Å². The second-order valence-electron chi connectivity index (χ2n) is 13.8. The molecule has 4 aliphatic rings. The molecule has 4 rings (SSSR count). The van der Waals surface area contributed by atoms with E-state index in [0.29, 0.717) is 12.3 Å². The van der Waals surface area contributed by atoms with Gasteiger partial charge in [0.05, 0.1) is 18.8 Å². The van der Waals surface area contributed by atoms with Gasteiger partial charge in [-0.25, -0.2) is 9.59 Å². The van der Waals surface area contributed by atoms with Crippen molar-refractivity contribution in [3.63, 3.8) is 0 Å². The van der Waals surface area contributed by atoms with Crippen LogP contribution in [-0.4, -0.2) is 110 Å². The lowest BCUT2D eigenvalue weighted by atomic mass is 9.79. The molecule has 47 heavy (non-hydrogen) atoms. The topological polar surface area (TPSA) is 223 Å². The molecule has 6 atom stereocenters. The molecule has 0 spiro atoms. The van der Waals surface area contributed by atoms with Crippen LogP contribution >= 0.6 is 0 Å². The molecule has 0 radical (unpaired) electrons. The smallest absolute Gasteiger partial charge is 0.327 e. The average molecular weight is 664 g/mol. The van der Waals surface area contributed by atoms with Crippen LogP contribution in [0.5, 0.6) is 0 Å². The van der Waals surface area contributed by atoms with E-state index in [1.54, 1.807) is 0 Å². The van der Waals surface area contributed by atoms with Crippen molar-refractivity contribution in [2.24, 2.45) is 17.8 Å². The third kappa shape index (κ3) is 9.80. The molecular formula is C32H49N5O10. The minimum atomic E-state index is -1.77. The lowest BCUT2D eigenvalue weighted by Crippen LogP contribution is -2.53. The van der Waals surface area contributed by atoms with Crippen LogP contribution in [0.15, 0.2) is 0 Å². The van der Waals surface area contributed by atoms with E-state index in [2.05, 4.69) is 22.9 Å². The van der Waals surface area contributed by atoms with E-state index in [0.717, 1.165) is 49.8 Å². The SMILES string of the molecule is CC1CCCCC1NC(=O)NC1CCC(CC(=O)NC2CCC3C(C2)C(=O)N(C(CC(=O)O)C(=O)O)CC(=O)N3CCC(=O)O)CC1. The van der Waals surface area contributed by atoms with Gasteiger partial charge < -0.3 is 41.1 Å². The number of aliphatic carboxylic acids is 3. The maximum Gasteiger partial charge on any atom is 0.327 e. The molecule has 1 heterocycles. The summed E-state index contributed by atoms with van der Waals surface area (Å²) >= 11 is 0. The summed E-state index contributed by atoms with van der Waals surface area (Å²) in [6.45, 7) is 1.32. The van der Waals surface area contributed by atoms with Crippen LogP contribution in [0.3, 0.4) is 0 Å². The molecule has 3 aliphatic carbocycles. The van der Waals surface area contributed by atoms with E-state index < -0.39 is 66.7 Å². The molecule has 262 valence electrons. The zero-order chi connectivity index (χ0) is 34.2. The number of amides is 5. The standard InChI is InChI=1S/C32H49N5O10/c1-18-4-2-3-5-23(18)35-32(47)34-20-8-6-19(7-9-20)14-26(38)33-21-10-11-24-22(15-21)30(44)37(25(31(45)46)16-29(42)43)17-27(39)36(24)13-12-28(40)41/h18-25H,2-17H2,1H3,(H,33,38)(H,40,41)(H,42,43)(H,45,46)(H2,34,35,47). The van der Waals surface area contributed by atoms with Crippen LogP contribution in [0.4, 0.5) is 4.79 Å². The van der Waals surface area contributed by atoms with Gasteiger partial charge in [0.25, 0.3) is 0 Å². The van der Waals surface area contributed by atoms with Gasteiger partial charge in [-0.2, -0.15) is 0 Å². The molecule has 6 N–H and O–H groups in total. The zero-order valence-electron chi connectivity index (χ0n) is 27.0. The number of urea groups is 1. The number of hydrogen-bond donors (Lipinski definition) is 6. The highest BCUT2D eigenvalue weighted by Crippen LogP contribution is 2.34. The Morgan fingerprint density at radius 3 is 2.15 bits per heavy atom. The van der Waals surface area contributed by atoms with Crippen molar-refractivity contribution in [1.82, 2.24) is 25.8 Å². The number of rotatable bonds is 12. The molecule has 0 aromatic rings. The highest BCUT2D eigenvalue weighted by Gasteiger charge is 2.48. The van der Waals surface area contributed by atoms with Crippen LogP contribution in [-0.2, 0) is 28.8 Å². The van der Waals surface area contributed by atoms with Crippen LogP contribution in [0, 0.1) is 17.8 Å². The minimum absolute atomic E-state index is 0.0511. The fourth-order valence-corrected chi connectivity index (χ4v) is 7.89. The summed E-state index contributed by atoms with van der Waals surface area (Å²) in [6.07, 6.45) is 7.38. The maximum absolute atomic E-state index is 13.7. The van der Waals surface area contributed by atoms with Crippen molar-refractivity contribution in [3.05, 3.63) is 0 Å². The Morgan fingerprint density at radius 1 is 0.830 bits per heavy atom. The third-order valence-electron chi connectivity index (χ3n) is 10.5. The Kier molecular flexibility index (Phi) is 12.4. The van der Waals surface area contributed by atoms with Gasteiger partial charge in [0.1, 0.15) is 12.6 Å². The van der Waals surface area contributed by atoms with Gasteiger partial charge in [0.15, 0.2) is 0 Å². The largest absolute Gasteiger partial charge is 0.481 e. The van der Waals surface area contributed by atoms with Gasteiger partial charge in [0.2, 0.25) is 17.7 Å². The molecule has 1 aliphatic heterocycles. The van der Waals surface area contributed by atoms with Gasteiger partial charge >= 0.3 is 23.9 Å². The van der Waals surface area contributed by atoms with Crippen LogP contribution in [0.2, 0.25) is 0 Å². The highest BCUT2D eigenvalue weighted by molar-refractivity contribution is 5.94. The Bertz CT molecular complexity index is 1200. The number of hydrogen-bond acceptors (Lipinski definition) is 7. The summed E-state index contributed by atoms with van der Waals surface area (Å²) in [5, 5.41) is 37.5. The summed E-state index contributed by atoms with van der Waals surface area (Å²) in [5.41, 5.74) is 0. The molecule has 15 nitrogen and oxygen atoms in total. The molecule has 6 unspecified atom stereocenters. The normalized spacial score (nSPS) is 30.4. The predicted octanol–water partition coefficient (Wildman–Crippen LogP) is 1.54. The monoisotopic (exact) mass is 663 g/mol. The summed E-state index contributed by atoms with van der Waals surface area (Å²) in [5.74, 6) is -5.99. The number of nitrogens with one attached hydrogen (secondary N) is 3. The van der Waals surface area contributed by atoms with E-state index in [1.165, 1.54) is 11.3 Å². The molecular weight excluding hydrogens is 614 g/mol. The maximum atomic E-state index is 13.7. The van der Waals surface area contributed by atoms with Crippen molar-refractivity contribution in [3.8, 4) is 0 Å². The first-order valence-corrected chi connectivity index (χ1v) is 16.9. The highest BCUT2D eigenvalue weighted by atomic mass is 16.4. The lowest BCUT2D eigenvalue weighted by Gasteiger charge is -2.40. The Morgan fingerprint density at radius 2 is 1.51 bits per heavy atom. The fraction of sp³-hybridized carbons (Fsp3) is 0.781. The average Bonchev–Trinajstić information content (AvgIpc) is 3.10. The van der Waals surface area contributed by atoms with Crippen LogP contribution in [0.25, 0.3) is 0 Å². The fourth-order valence-electron chi connectivity index (χ4n) is 7.89. The number of nitrogens with zero attached hydrogens (tertiary/aromatic N) is 2. The van der Waals surface area contributed by atoms with E-state index >= 15 is 0 Å². The zero-order valence-corrected chi connectivity index (χ0v) is 27.0. The van der Waals surface area contributed by atoms with Crippen molar-refractivity contribution in [1.29, 1.82) is 0 Å². The number of fused-ring (bicyclic) bond motifs is 1. The first kappa shape index (κ1) is 35.9. The molecule has 0 aromatic carbocycles. The first-order valence-electron chi connectivity index (χ1n) is 16.9. The Hall–Kier alpha value is -3.91. The summed E-state index contributed by atoms with van der Waals surface area (Å²) in [7, 11) is 0. The molecule has 15 heteroatoms. The van der Waals surface area contributed by atoms with Gasteiger partial charge in [-0.3, -0.25) is 24.0 Å². The minimum Gasteiger partial charge on any atom is -0.481 e. The van der Waals surface area contributed by atoms with E-state index in [4.69, 9.17) is 0 Å². The second kappa shape index (κ2) is 16.3. The van der Waals surface area contributed by atoms with Crippen molar-refractivity contribution >= 4 is 41.7 Å². The molecule has 0 aromatic heterocycles. The summed E-state index contributed by atoms with van der Waals surface area (Å²) < 4.78 is 0. The Balaban J connectivity index is 1.32.